The summed E-state index contributed by atoms with van der Waals surface area (Å²) < 4.78 is 1.14. The minimum absolute atomic E-state index is 0. The molecule has 0 saturated heterocycles. The number of hydrogen-bond donors (Lipinski definition) is 1. The molecular formula is C18H32BrIN4. The molecule has 4 nitrogen and oxygen atoms in total. The zero-order valence-electron chi connectivity index (χ0n) is 15.4. The Hall–Kier alpha value is -0.340. The fraction of sp³-hybridized carbons (Fsp3) is 0.611. The van der Waals surface area contributed by atoms with E-state index in [0.717, 1.165) is 36.6 Å². The molecule has 0 heterocycles. The van der Waals surface area contributed by atoms with Gasteiger partial charge in [-0.3, -0.25) is 4.99 Å². The van der Waals surface area contributed by atoms with E-state index in [1.165, 1.54) is 24.9 Å². The molecule has 1 N–H and O–H groups in total. The van der Waals surface area contributed by atoms with E-state index in [0.29, 0.717) is 0 Å². The Bertz CT molecular complexity index is 478. The first-order chi connectivity index (χ1) is 11.1. The summed E-state index contributed by atoms with van der Waals surface area (Å²) in [5.41, 5.74) is 1.26. The summed E-state index contributed by atoms with van der Waals surface area (Å²) in [5.74, 6) is 0.948. The molecule has 0 aliphatic rings. The topological polar surface area (TPSA) is 30.9 Å². The Morgan fingerprint density at radius 2 is 1.83 bits per heavy atom. The molecule has 0 aliphatic heterocycles. The van der Waals surface area contributed by atoms with Crippen LogP contribution in [0.1, 0.15) is 32.3 Å². The molecule has 6 heteroatoms. The number of aliphatic imine (C=N–C) groups is 1. The minimum atomic E-state index is 0. The monoisotopic (exact) mass is 510 g/mol. The van der Waals surface area contributed by atoms with Gasteiger partial charge in [0, 0.05) is 31.7 Å². The molecule has 138 valence electrons. The van der Waals surface area contributed by atoms with Crippen molar-refractivity contribution in [2.45, 2.75) is 33.2 Å². The predicted molar refractivity (Wildman–Crippen MR) is 119 cm³/mol. The number of benzene rings is 1. The van der Waals surface area contributed by atoms with Crippen LogP contribution < -0.4 is 5.32 Å². The van der Waals surface area contributed by atoms with Gasteiger partial charge in [0.15, 0.2) is 5.96 Å². The van der Waals surface area contributed by atoms with Gasteiger partial charge in [-0.2, -0.15) is 0 Å². The van der Waals surface area contributed by atoms with E-state index in [4.69, 9.17) is 0 Å². The van der Waals surface area contributed by atoms with Crippen LogP contribution in [0.4, 0.5) is 0 Å². The molecule has 1 aromatic rings. The SMILES string of the molecule is CCN(CC)CCCCNC(=NC)N(C)Cc1ccccc1Br.I. The zero-order chi connectivity index (χ0) is 17.1. The number of halogens is 2. The van der Waals surface area contributed by atoms with E-state index in [1.807, 2.05) is 13.1 Å². The molecule has 24 heavy (non-hydrogen) atoms. The second-order valence-electron chi connectivity index (χ2n) is 5.66. The van der Waals surface area contributed by atoms with Gasteiger partial charge in [0.05, 0.1) is 0 Å². The van der Waals surface area contributed by atoms with Gasteiger partial charge in [-0.25, -0.2) is 0 Å². The lowest BCUT2D eigenvalue weighted by Gasteiger charge is -2.23. The van der Waals surface area contributed by atoms with Crippen LogP contribution in [-0.4, -0.2) is 56.0 Å². The summed E-state index contributed by atoms with van der Waals surface area (Å²) in [6.45, 7) is 9.70. The van der Waals surface area contributed by atoms with Crippen LogP contribution in [0.2, 0.25) is 0 Å². The van der Waals surface area contributed by atoms with Crippen molar-refractivity contribution in [3.05, 3.63) is 34.3 Å². The van der Waals surface area contributed by atoms with Gasteiger partial charge in [-0.15, -0.1) is 24.0 Å². The normalized spacial score (nSPS) is 11.3. The third-order valence-electron chi connectivity index (χ3n) is 4.02. The molecule has 0 aliphatic carbocycles. The highest BCUT2D eigenvalue weighted by atomic mass is 127. The van der Waals surface area contributed by atoms with E-state index >= 15 is 0 Å². The zero-order valence-corrected chi connectivity index (χ0v) is 19.3. The van der Waals surface area contributed by atoms with Crippen LogP contribution in [-0.2, 0) is 6.54 Å². The van der Waals surface area contributed by atoms with E-state index in [2.05, 4.69) is 75.1 Å². The third kappa shape index (κ3) is 8.67. The fourth-order valence-electron chi connectivity index (χ4n) is 2.54. The number of unbranched alkanes of at least 4 members (excludes halogenated alkanes) is 1. The summed E-state index contributed by atoms with van der Waals surface area (Å²) in [7, 11) is 3.92. The Labute approximate surface area is 173 Å². The molecule has 0 spiro atoms. The molecule has 0 unspecified atom stereocenters. The quantitative estimate of drug-likeness (QED) is 0.234. The molecule has 1 rings (SSSR count). The van der Waals surface area contributed by atoms with Crippen molar-refractivity contribution in [1.29, 1.82) is 0 Å². The summed E-state index contributed by atoms with van der Waals surface area (Å²) in [6.07, 6.45) is 2.39. The summed E-state index contributed by atoms with van der Waals surface area (Å²) in [6, 6.07) is 8.32. The lowest BCUT2D eigenvalue weighted by Crippen LogP contribution is -2.39. The van der Waals surface area contributed by atoms with Gasteiger partial charge < -0.3 is 15.1 Å². The maximum Gasteiger partial charge on any atom is 0.193 e. The van der Waals surface area contributed by atoms with Gasteiger partial charge in [0.2, 0.25) is 0 Å². The Kier molecular flexibility index (Phi) is 13.7. The predicted octanol–water partition coefficient (Wildman–Crippen LogP) is 4.20. The van der Waals surface area contributed by atoms with Crippen LogP contribution in [0.3, 0.4) is 0 Å². The Morgan fingerprint density at radius 1 is 1.17 bits per heavy atom. The van der Waals surface area contributed by atoms with Crippen molar-refractivity contribution in [3.8, 4) is 0 Å². The molecular weight excluding hydrogens is 479 g/mol. The fourth-order valence-corrected chi connectivity index (χ4v) is 2.95. The van der Waals surface area contributed by atoms with E-state index in [9.17, 15) is 0 Å². The largest absolute Gasteiger partial charge is 0.356 e. The lowest BCUT2D eigenvalue weighted by atomic mass is 10.2. The summed E-state index contributed by atoms with van der Waals surface area (Å²) >= 11 is 3.60. The maximum absolute atomic E-state index is 4.38. The van der Waals surface area contributed by atoms with Gasteiger partial charge >= 0.3 is 0 Å². The van der Waals surface area contributed by atoms with Crippen LogP contribution in [0.25, 0.3) is 0 Å². The van der Waals surface area contributed by atoms with Crippen molar-refractivity contribution in [1.82, 2.24) is 15.1 Å². The Morgan fingerprint density at radius 3 is 2.42 bits per heavy atom. The number of hydrogen-bond acceptors (Lipinski definition) is 2. The van der Waals surface area contributed by atoms with Gasteiger partial charge in [0.1, 0.15) is 0 Å². The average Bonchev–Trinajstić information content (AvgIpc) is 2.56. The highest BCUT2D eigenvalue weighted by Crippen LogP contribution is 2.17. The van der Waals surface area contributed by atoms with Crippen LogP contribution in [0, 0.1) is 0 Å². The minimum Gasteiger partial charge on any atom is -0.356 e. The second-order valence-corrected chi connectivity index (χ2v) is 6.51. The highest BCUT2D eigenvalue weighted by Gasteiger charge is 2.08. The molecule has 0 bridgehead atoms. The highest BCUT2D eigenvalue weighted by molar-refractivity contribution is 14.0. The average molecular weight is 511 g/mol. The molecule has 0 aromatic heterocycles. The molecule has 0 radical (unpaired) electrons. The molecule has 0 saturated carbocycles. The van der Waals surface area contributed by atoms with Gasteiger partial charge in [-0.1, -0.05) is 48.0 Å². The number of nitrogens with one attached hydrogen (secondary N) is 1. The molecule has 0 fully saturated rings. The van der Waals surface area contributed by atoms with E-state index < -0.39 is 0 Å². The number of nitrogens with zero attached hydrogens (tertiary/aromatic N) is 3. The van der Waals surface area contributed by atoms with Crippen LogP contribution in [0.5, 0.6) is 0 Å². The summed E-state index contributed by atoms with van der Waals surface area (Å²) in [5, 5.41) is 3.46. The standard InChI is InChI=1S/C18H31BrN4.HI/c1-5-23(6-2)14-10-9-13-21-18(20-3)22(4)15-16-11-7-8-12-17(16)19;/h7-8,11-12H,5-6,9-10,13-15H2,1-4H3,(H,20,21);1H. The van der Waals surface area contributed by atoms with Crippen molar-refractivity contribution in [2.24, 2.45) is 4.99 Å². The molecule has 0 atom stereocenters. The molecule has 1 aromatic carbocycles. The Balaban J connectivity index is 0.00000529. The first-order valence-electron chi connectivity index (χ1n) is 8.49. The third-order valence-corrected chi connectivity index (χ3v) is 4.79. The van der Waals surface area contributed by atoms with E-state index in [-0.39, 0.29) is 24.0 Å². The van der Waals surface area contributed by atoms with Gasteiger partial charge in [0.25, 0.3) is 0 Å². The van der Waals surface area contributed by atoms with Crippen LogP contribution >= 0.6 is 39.9 Å². The first kappa shape index (κ1) is 23.7. The maximum atomic E-state index is 4.38. The van der Waals surface area contributed by atoms with Crippen LogP contribution in [0.15, 0.2) is 33.7 Å². The smallest absolute Gasteiger partial charge is 0.193 e. The van der Waals surface area contributed by atoms with E-state index in [1.54, 1.807) is 0 Å². The first-order valence-corrected chi connectivity index (χ1v) is 9.29. The number of rotatable bonds is 9. The molecule has 0 amide bonds. The van der Waals surface area contributed by atoms with Crippen molar-refractivity contribution in [3.63, 3.8) is 0 Å². The summed E-state index contributed by atoms with van der Waals surface area (Å²) in [4.78, 5) is 9.01. The van der Waals surface area contributed by atoms with Crippen molar-refractivity contribution >= 4 is 45.9 Å². The second kappa shape index (κ2) is 13.9. The number of guanidine groups is 1. The van der Waals surface area contributed by atoms with Crippen molar-refractivity contribution < 1.29 is 0 Å². The van der Waals surface area contributed by atoms with Gasteiger partial charge in [-0.05, 0) is 44.1 Å². The lowest BCUT2D eigenvalue weighted by molar-refractivity contribution is 0.297. The van der Waals surface area contributed by atoms with Crippen molar-refractivity contribution in [2.75, 3.05) is 40.3 Å².